The van der Waals surface area contributed by atoms with E-state index in [1.54, 1.807) is 20.9 Å². The predicted octanol–water partition coefficient (Wildman–Crippen LogP) is -3.41. The van der Waals surface area contributed by atoms with Gasteiger partial charge in [0.1, 0.15) is 48.3 Å². The lowest BCUT2D eigenvalue weighted by molar-refractivity contribution is -0.144. The molecule has 12 atom stereocenters. The molecule has 2 saturated heterocycles. The van der Waals surface area contributed by atoms with Crippen LogP contribution in [0, 0.1) is 17.7 Å². The van der Waals surface area contributed by atoms with Crippen molar-refractivity contribution in [3.63, 3.8) is 0 Å². The Morgan fingerprint density at radius 3 is 2.35 bits per heavy atom. The molecule has 436 valence electrons. The number of aromatic nitrogens is 1. The van der Waals surface area contributed by atoms with Crippen LogP contribution in [0.4, 0.5) is 4.39 Å². The van der Waals surface area contributed by atoms with Gasteiger partial charge in [0.2, 0.25) is 58.2 Å². The molecule has 0 radical (unpaired) electrons. The van der Waals surface area contributed by atoms with E-state index < -0.39 is 181 Å². The first-order valence-electron chi connectivity index (χ1n) is 26.1. The number of nitrogens with zero attached hydrogens (tertiary/aromatic N) is 1. The number of aromatic amines is 1. The van der Waals surface area contributed by atoms with E-state index in [1.165, 1.54) is 37.3 Å². The van der Waals surface area contributed by atoms with E-state index in [4.69, 9.17) is 24.7 Å². The first-order chi connectivity index (χ1) is 38.1. The molecule has 7 rings (SSSR count). The number of aliphatic hydroxyl groups is 1. The second-order valence-electron chi connectivity index (χ2n) is 20.0. The number of benzene rings is 2. The zero-order chi connectivity index (χ0) is 57.9. The van der Waals surface area contributed by atoms with Crippen molar-refractivity contribution in [1.82, 2.24) is 52.4 Å². The summed E-state index contributed by atoms with van der Waals surface area (Å²) in [6.45, 7) is 3.92. The van der Waals surface area contributed by atoms with Gasteiger partial charge in [0.15, 0.2) is 23.9 Å². The van der Waals surface area contributed by atoms with Gasteiger partial charge >= 0.3 is 0 Å². The lowest BCUT2D eigenvalue weighted by atomic mass is 9.93. The van der Waals surface area contributed by atoms with Gasteiger partial charge in [-0.05, 0) is 37.2 Å². The van der Waals surface area contributed by atoms with Gasteiger partial charge in [-0.3, -0.25) is 43.2 Å². The maximum absolute atomic E-state index is 15.4. The van der Waals surface area contributed by atoms with Crippen molar-refractivity contribution < 1.29 is 81.3 Å². The molecule has 2 bridgehead atoms. The summed E-state index contributed by atoms with van der Waals surface area (Å²) in [5.74, 6) is -12.6. The number of nitrogens with one attached hydrogen (secondary N) is 9. The monoisotopic (exact) mass is 1140 g/mol. The number of carbonyl (C=O) groups is 9. The highest BCUT2D eigenvalue weighted by molar-refractivity contribution is 7.91. The van der Waals surface area contributed by atoms with Crippen LogP contribution in [0.5, 0.6) is 11.5 Å². The van der Waals surface area contributed by atoms with E-state index in [0.717, 1.165) is 11.0 Å². The number of phenolic OH excluding ortho intramolecular Hbond substituents is 1. The minimum Gasteiger partial charge on any atom is -0.610 e. The Balaban J connectivity index is 1.30. The lowest BCUT2D eigenvalue weighted by Crippen LogP contribution is -2.62. The lowest BCUT2D eigenvalue weighted by Gasteiger charge is -2.33. The number of H-pyrrole nitrogens is 1. The van der Waals surface area contributed by atoms with Crippen molar-refractivity contribution in [3.8, 4) is 11.5 Å². The molecule has 4 aliphatic heterocycles. The van der Waals surface area contributed by atoms with Crippen LogP contribution in [0.1, 0.15) is 57.5 Å². The van der Waals surface area contributed by atoms with Crippen molar-refractivity contribution in [3.05, 3.63) is 53.3 Å². The first kappa shape index (κ1) is 60.5. The number of primary amides is 1. The number of ether oxygens (including phenoxy) is 4. The molecule has 2 fully saturated rings. The first-order valence-corrected chi connectivity index (χ1v) is 27.4. The summed E-state index contributed by atoms with van der Waals surface area (Å²) in [5.41, 5.74) is 6.06. The third-order valence-electron chi connectivity index (χ3n) is 14.2. The van der Waals surface area contributed by atoms with Crippen molar-refractivity contribution in [2.45, 2.75) is 106 Å². The Morgan fingerprint density at radius 1 is 0.900 bits per heavy atom. The number of fused-ring (bicyclic) bond motifs is 5. The number of aliphatic hydroxyl groups excluding tert-OH is 1. The van der Waals surface area contributed by atoms with Gasteiger partial charge in [-0.1, -0.05) is 33.3 Å². The standard InChI is InChI=1S/C51H68FN11O16S/c1-5-24(2)42-47(72)56-19-40(67)57-35-23-80(75)49-30(29-8-7-27(64)15-32(29)60-49)17-33(44(69)55-20-41(68)61-42)58-48(73)43(62-46(71)36-16-28(65)21-63(36)50(74)34(18-39(53)66)59-45(35)70)25(3)38-22-78-51(79-38)26-6-9-37(31(52)14-26)77-13-12-76-11-10-54-4/h6-9,14-15,24-25,28,33-36,38,42-43,51,54,60,64-65H,5,10-13,16-23H2,1-4H3,(H2,53,66)(H,55,69)(H,56,72)(H,57,67)(H,58,73)(H,59,70)(H,61,68)(H,62,71)/t24-,25-,28?,33?,34?,35?,36?,38-,42-,43-,51?,80+/m0/s1. The molecule has 3 aromatic rings. The number of likely N-dealkylation sites (N-methyl/N-ethyl adjacent to an activating group) is 1. The Morgan fingerprint density at radius 2 is 1.64 bits per heavy atom. The molecule has 27 nitrogen and oxygen atoms in total. The van der Waals surface area contributed by atoms with Crippen LogP contribution >= 0.6 is 0 Å². The van der Waals surface area contributed by atoms with Gasteiger partial charge in [-0.2, -0.15) is 0 Å². The number of amides is 9. The number of phenols is 1. The summed E-state index contributed by atoms with van der Waals surface area (Å²) in [6.07, 6.45) is -5.08. The normalized spacial score (nSPS) is 27.6. The molecule has 0 saturated carbocycles. The molecule has 2 aromatic carbocycles. The number of halogens is 1. The molecule has 13 N–H and O–H groups in total. The highest BCUT2D eigenvalue weighted by Crippen LogP contribution is 2.35. The molecule has 29 heteroatoms. The second-order valence-corrected chi connectivity index (χ2v) is 21.4. The van der Waals surface area contributed by atoms with Gasteiger partial charge < -0.3 is 91.9 Å². The van der Waals surface area contributed by atoms with E-state index in [1.807, 2.05) is 0 Å². The number of aromatic hydroxyl groups is 1. The molecule has 6 unspecified atom stereocenters. The average Bonchev–Trinajstić information content (AvgIpc) is 4.17. The van der Waals surface area contributed by atoms with Crippen LogP contribution in [0.15, 0.2) is 41.4 Å². The topological polar surface area (TPSA) is 395 Å². The van der Waals surface area contributed by atoms with Crippen LogP contribution in [0.2, 0.25) is 0 Å². The highest BCUT2D eigenvalue weighted by atomic mass is 32.2. The fourth-order valence-electron chi connectivity index (χ4n) is 9.67. The SMILES string of the molecule is CC[C@H](C)[C@@H]1NC(=O)CNC(=O)C2Cc3c([nH]c4cc(O)ccc34)[S@+]([O-])CC(NC(=O)CNC1=O)C(=O)NC(CC(N)=O)C(=O)N1CC(O)CC1C(=O)N[C@@H]([C@@H](C)[C@@H]1COC(c3ccc(OCCOCCNC)c(F)c3)O1)C(=O)N2. The Bertz CT molecular complexity index is 2810. The molecule has 0 aliphatic carbocycles. The van der Waals surface area contributed by atoms with Gasteiger partial charge in [0.05, 0.1) is 57.1 Å². The summed E-state index contributed by atoms with van der Waals surface area (Å²) in [6, 6.07) is -1.92. The predicted molar refractivity (Wildman–Crippen MR) is 279 cm³/mol. The van der Waals surface area contributed by atoms with Crippen molar-refractivity contribution in [2.75, 3.05) is 65.4 Å². The van der Waals surface area contributed by atoms with E-state index in [2.05, 4.69) is 47.5 Å². The maximum Gasteiger partial charge on any atom is 0.248 e. The van der Waals surface area contributed by atoms with Gasteiger partial charge in [-0.25, -0.2) is 4.39 Å². The minimum absolute atomic E-state index is 0.0620. The molecule has 5 heterocycles. The van der Waals surface area contributed by atoms with Crippen molar-refractivity contribution in [1.29, 1.82) is 0 Å². The summed E-state index contributed by atoms with van der Waals surface area (Å²) >= 11 is -2.41. The van der Waals surface area contributed by atoms with Crippen LogP contribution in [-0.2, 0) is 75.0 Å². The van der Waals surface area contributed by atoms with E-state index in [9.17, 15) is 53.1 Å². The zero-order valence-electron chi connectivity index (χ0n) is 44.4. The molecular weight excluding hydrogens is 1070 g/mol. The van der Waals surface area contributed by atoms with Gasteiger partial charge in [-0.15, -0.1) is 0 Å². The van der Waals surface area contributed by atoms with Crippen LogP contribution in [0.25, 0.3) is 10.9 Å². The summed E-state index contributed by atoms with van der Waals surface area (Å²) in [4.78, 5) is 131. The molecule has 9 amide bonds. The Labute approximate surface area is 461 Å². The molecule has 4 aliphatic rings. The molecule has 1 aromatic heterocycles. The number of hydrogen-bond acceptors (Lipinski definition) is 17. The largest absolute Gasteiger partial charge is 0.610 e. The highest BCUT2D eigenvalue weighted by Gasteiger charge is 2.47. The zero-order valence-corrected chi connectivity index (χ0v) is 45.2. The number of nitrogens with two attached hydrogens (primary N) is 1. The summed E-state index contributed by atoms with van der Waals surface area (Å²) in [5, 5.41) is 42.2. The maximum atomic E-state index is 15.4. The number of hydrogen-bond donors (Lipinski definition) is 12. The smallest absolute Gasteiger partial charge is 0.248 e. The van der Waals surface area contributed by atoms with Crippen LogP contribution in [0.3, 0.4) is 0 Å². The van der Waals surface area contributed by atoms with E-state index in [0.29, 0.717) is 19.6 Å². The van der Waals surface area contributed by atoms with Crippen LogP contribution < -0.4 is 53.0 Å². The molecule has 80 heavy (non-hydrogen) atoms. The Kier molecular flexibility index (Phi) is 20.7. The third kappa shape index (κ3) is 15.0. The summed E-state index contributed by atoms with van der Waals surface area (Å²) in [7, 11) is 1.77. The molecular formula is C51H68FN11O16S. The van der Waals surface area contributed by atoms with Crippen LogP contribution in [-0.4, -0.2) is 192 Å². The minimum atomic E-state index is -2.41. The molecule has 0 spiro atoms. The van der Waals surface area contributed by atoms with Crippen molar-refractivity contribution in [2.24, 2.45) is 17.6 Å². The van der Waals surface area contributed by atoms with Gasteiger partial charge in [0.25, 0.3) is 0 Å². The fourth-order valence-corrected chi connectivity index (χ4v) is 11.1. The summed E-state index contributed by atoms with van der Waals surface area (Å²) < 4.78 is 53.5. The van der Waals surface area contributed by atoms with Gasteiger partial charge in [0, 0.05) is 65.6 Å². The van der Waals surface area contributed by atoms with E-state index in [-0.39, 0.29) is 58.4 Å². The van der Waals surface area contributed by atoms with Crippen molar-refractivity contribution >= 4 is 75.2 Å². The average molecular weight is 1140 g/mol. The number of carbonyl (C=O) groups excluding carboxylic acids is 9. The fraction of sp³-hybridized carbons (Fsp3) is 0.549. The van der Waals surface area contributed by atoms with E-state index >= 15 is 9.18 Å². The quantitative estimate of drug-likeness (QED) is 0.0553. The second kappa shape index (κ2) is 27.3. The third-order valence-corrected chi connectivity index (χ3v) is 15.7. The number of rotatable bonds is 14. The Hall–Kier alpha value is -7.15.